The number of nitrogens with zero attached hydrogens (tertiary/aromatic N) is 1. The number of carbonyl (C=O) groups is 1. The van der Waals surface area contributed by atoms with Crippen LogP contribution in [0.4, 0.5) is 0 Å². The van der Waals surface area contributed by atoms with E-state index in [0.717, 1.165) is 12.8 Å². The molecule has 0 bridgehead atoms. The smallest absolute Gasteiger partial charge is 0.357 e. The average Bonchev–Trinajstić information content (AvgIpc) is 2.61. The van der Waals surface area contributed by atoms with Crippen molar-refractivity contribution >= 4 is 21.9 Å². The van der Waals surface area contributed by atoms with Gasteiger partial charge in [0.25, 0.3) is 0 Å². The van der Waals surface area contributed by atoms with Crippen molar-refractivity contribution in [3.05, 3.63) is 10.2 Å². The van der Waals surface area contributed by atoms with Gasteiger partial charge in [-0.25, -0.2) is 4.79 Å². The Kier molecular flexibility index (Phi) is 5.31. The largest absolute Gasteiger partial charge is 0.476 e. The first-order valence-electron chi connectivity index (χ1n) is 5.24. The van der Waals surface area contributed by atoms with Crippen molar-refractivity contribution in [3.63, 3.8) is 0 Å². The van der Waals surface area contributed by atoms with Crippen molar-refractivity contribution in [2.75, 3.05) is 13.2 Å². The van der Waals surface area contributed by atoms with Gasteiger partial charge < -0.3 is 9.47 Å². The van der Waals surface area contributed by atoms with Crippen LogP contribution in [-0.4, -0.2) is 29.4 Å². The van der Waals surface area contributed by atoms with E-state index >= 15 is 0 Å². The van der Waals surface area contributed by atoms with E-state index < -0.39 is 5.97 Å². The maximum absolute atomic E-state index is 11.4. The van der Waals surface area contributed by atoms with Gasteiger partial charge in [0.2, 0.25) is 5.88 Å². The Labute approximate surface area is 103 Å². The fraction of sp³-hybridized carbons (Fsp3) is 0.600. The third-order valence-electron chi connectivity index (χ3n) is 1.89. The molecule has 0 amide bonds. The van der Waals surface area contributed by atoms with Gasteiger partial charge in [-0.05, 0) is 29.3 Å². The Hall–Kier alpha value is -1.04. The van der Waals surface area contributed by atoms with E-state index in [1.165, 1.54) is 0 Å². The van der Waals surface area contributed by atoms with Gasteiger partial charge in [0, 0.05) is 0 Å². The maximum Gasteiger partial charge on any atom is 0.357 e. The summed E-state index contributed by atoms with van der Waals surface area (Å²) in [5, 5.41) is 6.49. The van der Waals surface area contributed by atoms with Crippen LogP contribution in [0.1, 0.15) is 37.2 Å². The molecule has 1 rings (SSSR count). The average molecular weight is 291 g/mol. The molecular formula is C10H15BrN2O3. The zero-order chi connectivity index (χ0) is 12.0. The molecule has 0 unspecified atom stereocenters. The van der Waals surface area contributed by atoms with Gasteiger partial charge in [-0.15, -0.1) is 5.10 Å². The van der Waals surface area contributed by atoms with Crippen molar-refractivity contribution in [1.82, 2.24) is 10.2 Å². The number of carbonyl (C=O) groups excluding carboxylic acids is 1. The lowest BCUT2D eigenvalue weighted by atomic mass is 10.4. The highest BCUT2D eigenvalue weighted by molar-refractivity contribution is 9.10. The van der Waals surface area contributed by atoms with Crippen LogP contribution in [0.5, 0.6) is 5.88 Å². The fourth-order valence-electron chi connectivity index (χ4n) is 1.06. The van der Waals surface area contributed by atoms with Crippen molar-refractivity contribution in [2.45, 2.75) is 26.7 Å². The molecule has 16 heavy (non-hydrogen) atoms. The first-order valence-corrected chi connectivity index (χ1v) is 6.03. The molecule has 0 saturated heterocycles. The molecule has 0 aliphatic carbocycles. The molecule has 0 spiro atoms. The van der Waals surface area contributed by atoms with Crippen LogP contribution >= 0.6 is 15.9 Å². The summed E-state index contributed by atoms with van der Waals surface area (Å²) in [5.41, 5.74) is 0.286. The first-order chi connectivity index (χ1) is 7.70. The number of unbranched alkanes of at least 4 members (excludes halogenated alkanes) is 1. The van der Waals surface area contributed by atoms with Crippen molar-refractivity contribution in [2.24, 2.45) is 0 Å². The van der Waals surface area contributed by atoms with Gasteiger partial charge in [-0.3, -0.25) is 5.10 Å². The number of hydrogen-bond acceptors (Lipinski definition) is 4. The molecule has 6 heteroatoms. The quantitative estimate of drug-likeness (QED) is 0.646. The molecule has 0 saturated carbocycles. The van der Waals surface area contributed by atoms with E-state index in [-0.39, 0.29) is 5.69 Å². The molecule has 1 heterocycles. The summed E-state index contributed by atoms with van der Waals surface area (Å²) >= 11 is 3.25. The highest BCUT2D eigenvalue weighted by atomic mass is 79.9. The lowest BCUT2D eigenvalue weighted by molar-refractivity contribution is 0.0518. The maximum atomic E-state index is 11.4. The van der Waals surface area contributed by atoms with E-state index in [4.69, 9.17) is 9.47 Å². The third-order valence-corrected chi connectivity index (χ3v) is 2.63. The molecule has 1 aromatic heterocycles. The minimum atomic E-state index is -0.438. The van der Waals surface area contributed by atoms with Crippen LogP contribution in [0, 0.1) is 0 Å². The number of aromatic amines is 1. The zero-order valence-corrected chi connectivity index (χ0v) is 11.0. The molecule has 0 aromatic carbocycles. The Morgan fingerprint density at radius 1 is 1.50 bits per heavy atom. The SMILES string of the molecule is CCCCOc1n[nH]c(C(=O)OCC)c1Br. The number of rotatable bonds is 6. The molecule has 0 aliphatic rings. The number of H-pyrrole nitrogens is 1. The van der Waals surface area contributed by atoms with Gasteiger partial charge in [-0.1, -0.05) is 13.3 Å². The van der Waals surface area contributed by atoms with E-state index in [9.17, 15) is 4.79 Å². The molecule has 1 N–H and O–H groups in total. The minimum Gasteiger partial charge on any atom is -0.476 e. The van der Waals surface area contributed by atoms with E-state index in [1.54, 1.807) is 6.92 Å². The second kappa shape index (κ2) is 6.52. The summed E-state index contributed by atoms with van der Waals surface area (Å²) in [4.78, 5) is 11.4. The summed E-state index contributed by atoms with van der Waals surface area (Å²) in [6.07, 6.45) is 2.00. The lowest BCUT2D eigenvalue weighted by Gasteiger charge is -2.01. The molecule has 0 fully saturated rings. The highest BCUT2D eigenvalue weighted by Crippen LogP contribution is 2.26. The van der Waals surface area contributed by atoms with Crippen LogP contribution in [0.15, 0.2) is 4.47 Å². The number of ether oxygens (including phenoxy) is 2. The number of esters is 1. The number of aromatic nitrogens is 2. The van der Waals surface area contributed by atoms with Crippen LogP contribution in [0.2, 0.25) is 0 Å². The van der Waals surface area contributed by atoms with E-state index in [2.05, 4.69) is 33.1 Å². The van der Waals surface area contributed by atoms with Gasteiger partial charge in [0.05, 0.1) is 13.2 Å². The third kappa shape index (κ3) is 3.23. The predicted molar refractivity (Wildman–Crippen MR) is 62.6 cm³/mol. The lowest BCUT2D eigenvalue weighted by Crippen LogP contribution is -2.05. The van der Waals surface area contributed by atoms with E-state index in [1.807, 2.05) is 0 Å². The second-order valence-electron chi connectivity index (χ2n) is 3.14. The molecule has 5 nitrogen and oxygen atoms in total. The van der Waals surface area contributed by atoms with Crippen molar-refractivity contribution in [1.29, 1.82) is 0 Å². The Bertz CT molecular complexity index is 352. The summed E-state index contributed by atoms with van der Waals surface area (Å²) in [5.74, 6) is -0.0382. The van der Waals surface area contributed by atoms with Gasteiger partial charge in [0.1, 0.15) is 4.47 Å². The van der Waals surface area contributed by atoms with Crippen molar-refractivity contribution in [3.8, 4) is 5.88 Å². The summed E-state index contributed by atoms with van der Waals surface area (Å²) in [6.45, 7) is 4.74. The fourth-order valence-corrected chi connectivity index (χ4v) is 1.51. The molecule has 90 valence electrons. The molecule has 1 aromatic rings. The Morgan fingerprint density at radius 3 is 2.88 bits per heavy atom. The van der Waals surface area contributed by atoms with Gasteiger partial charge in [0.15, 0.2) is 5.69 Å². The van der Waals surface area contributed by atoms with Crippen LogP contribution < -0.4 is 4.74 Å². The monoisotopic (exact) mass is 290 g/mol. The normalized spacial score (nSPS) is 10.2. The predicted octanol–water partition coefficient (Wildman–Crippen LogP) is 2.53. The molecule has 0 atom stereocenters. The summed E-state index contributed by atoms with van der Waals surface area (Å²) in [6, 6.07) is 0. The highest BCUT2D eigenvalue weighted by Gasteiger charge is 2.18. The Balaban J connectivity index is 2.64. The van der Waals surface area contributed by atoms with Crippen LogP contribution in [0.25, 0.3) is 0 Å². The van der Waals surface area contributed by atoms with Gasteiger partial charge in [-0.2, -0.15) is 0 Å². The van der Waals surface area contributed by atoms with Crippen LogP contribution in [-0.2, 0) is 4.74 Å². The first kappa shape index (κ1) is 13.0. The van der Waals surface area contributed by atoms with Gasteiger partial charge >= 0.3 is 5.97 Å². The number of nitrogens with one attached hydrogen (secondary N) is 1. The summed E-state index contributed by atoms with van der Waals surface area (Å²) in [7, 11) is 0. The number of halogens is 1. The molecule has 0 radical (unpaired) electrons. The zero-order valence-electron chi connectivity index (χ0n) is 9.38. The Morgan fingerprint density at radius 2 is 2.25 bits per heavy atom. The molecule has 0 aliphatic heterocycles. The van der Waals surface area contributed by atoms with Crippen molar-refractivity contribution < 1.29 is 14.3 Å². The topological polar surface area (TPSA) is 64.2 Å². The molecular weight excluding hydrogens is 276 g/mol. The van der Waals surface area contributed by atoms with Crippen LogP contribution in [0.3, 0.4) is 0 Å². The second-order valence-corrected chi connectivity index (χ2v) is 3.93. The standard InChI is InChI=1S/C10H15BrN2O3/c1-3-5-6-16-9-7(11)8(12-13-9)10(14)15-4-2/h3-6H2,1-2H3,(H,12,13). The number of hydrogen-bond donors (Lipinski definition) is 1. The minimum absolute atomic E-state index is 0.286. The van der Waals surface area contributed by atoms with E-state index in [0.29, 0.717) is 23.6 Å². The summed E-state index contributed by atoms with van der Waals surface area (Å²) < 4.78 is 10.8.